The van der Waals surface area contributed by atoms with E-state index in [4.69, 9.17) is 19.9 Å². The highest BCUT2D eigenvalue weighted by atomic mass is 127. The maximum absolute atomic E-state index is 11.5. The second-order valence-corrected chi connectivity index (χ2v) is 7.02. The van der Waals surface area contributed by atoms with Gasteiger partial charge in [-0.25, -0.2) is 19.7 Å². The molecule has 2 aliphatic rings. The molecule has 3 N–H and O–H groups in total. The molecule has 4 rings (SSSR count). The third-order valence-corrected chi connectivity index (χ3v) is 4.45. The fourth-order valence-corrected chi connectivity index (χ4v) is 3.58. The van der Waals surface area contributed by atoms with Crippen molar-refractivity contribution in [2.24, 2.45) is 0 Å². The van der Waals surface area contributed by atoms with Gasteiger partial charge >= 0.3 is 5.97 Å². The van der Waals surface area contributed by atoms with E-state index in [2.05, 4.69) is 15.0 Å². The van der Waals surface area contributed by atoms with Crippen LogP contribution in [0.2, 0.25) is 0 Å². The fraction of sp³-hybridized carbons (Fsp3) is 0.538. The molecule has 0 aromatic carbocycles. The number of anilines is 1. The van der Waals surface area contributed by atoms with Crippen LogP contribution in [0, 0.1) is 3.83 Å². The SMILES string of the molecule is CC1(C)OC2[C@@H](O1)[C@@H](C(=O)O)O[C@H]2n1cnc2c(N)nc(I)nc21. The first kappa shape index (κ1) is 15.9. The van der Waals surface area contributed by atoms with Gasteiger partial charge in [-0.15, -0.1) is 0 Å². The van der Waals surface area contributed by atoms with Gasteiger partial charge < -0.3 is 25.1 Å². The highest BCUT2D eigenvalue weighted by molar-refractivity contribution is 14.1. The number of carboxylic acid groups (broad SMARTS) is 1. The first-order valence-corrected chi connectivity index (χ1v) is 8.24. The largest absolute Gasteiger partial charge is 0.479 e. The summed E-state index contributed by atoms with van der Waals surface area (Å²) in [5.74, 6) is -1.76. The molecule has 2 aliphatic heterocycles. The molecule has 0 radical (unpaired) electrons. The van der Waals surface area contributed by atoms with Crippen LogP contribution in [0.5, 0.6) is 0 Å². The summed E-state index contributed by atoms with van der Waals surface area (Å²) in [7, 11) is 0. The van der Waals surface area contributed by atoms with E-state index in [1.807, 2.05) is 22.6 Å². The number of nitrogens with zero attached hydrogens (tertiary/aromatic N) is 4. The molecule has 0 bridgehead atoms. The van der Waals surface area contributed by atoms with Gasteiger partial charge in [-0.2, -0.15) is 0 Å². The number of carbonyl (C=O) groups is 1. The molecule has 4 heterocycles. The molecule has 4 atom stereocenters. The maximum atomic E-state index is 11.5. The average Bonchev–Trinajstić information content (AvgIpc) is 3.09. The lowest BCUT2D eigenvalue weighted by atomic mass is 10.1. The number of aromatic nitrogens is 4. The quantitative estimate of drug-likeness (QED) is 0.499. The van der Waals surface area contributed by atoms with Crippen molar-refractivity contribution in [3.63, 3.8) is 0 Å². The van der Waals surface area contributed by atoms with Crippen molar-refractivity contribution in [3.05, 3.63) is 10.2 Å². The summed E-state index contributed by atoms with van der Waals surface area (Å²) in [6.07, 6.45) is -1.72. The summed E-state index contributed by atoms with van der Waals surface area (Å²) in [5, 5.41) is 9.42. The third kappa shape index (κ3) is 2.34. The molecule has 0 amide bonds. The maximum Gasteiger partial charge on any atom is 0.335 e. The minimum Gasteiger partial charge on any atom is -0.479 e. The van der Waals surface area contributed by atoms with Gasteiger partial charge in [-0.05, 0) is 13.8 Å². The van der Waals surface area contributed by atoms with E-state index < -0.39 is 36.3 Å². The lowest BCUT2D eigenvalue weighted by Crippen LogP contribution is -2.35. The molecule has 11 heteroatoms. The molecular weight excluding hydrogens is 433 g/mol. The zero-order valence-corrected chi connectivity index (χ0v) is 14.9. The number of halogens is 1. The van der Waals surface area contributed by atoms with E-state index in [9.17, 15) is 9.90 Å². The zero-order valence-electron chi connectivity index (χ0n) is 12.7. The molecule has 0 spiro atoms. The lowest BCUT2D eigenvalue weighted by Gasteiger charge is -2.23. The van der Waals surface area contributed by atoms with Crippen molar-refractivity contribution in [2.75, 3.05) is 5.73 Å². The first-order valence-electron chi connectivity index (χ1n) is 7.16. The number of nitrogen functional groups attached to an aromatic ring is 1. The average molecular weight is 447 g/mol. The molecule has 2 aromatic rings. The molecule has 0 aliphatic carbocycles. The molecular formula is C13H14IN5O5. The van der Waals surface area contributed by atoms with Crippen molar-refractivity contribution in [1.29, 1.82) is 0 Å². The van der Waals surface area contributed by atoms with Gasteiger partial charge in [0.05, 0.1) is 6.33 Å². The molecule has 10 nitrogen and oxygen atoms in total. The Morgan fingerprint density at radius 1 is 1.38 bits per heavy atom. The summed E-state index contributed by atoms with van der Waals surface area (Å²) >= 11 is 1.95. The Balaban J connectivity index is 1.80. The fourth-order valence-electron chi connectivity index (χ4n) is 3.10. The van der Waals surface area contributed by atoms with Crippen LogP contribution in [-0.2, 0) is 19.0 Å². The second kappa shape index (κ2) is 5.21. The lowest BCUT2D eigenvalue weighted by molar-refractivity contribution is -0.202. The molecule has 2 aromatic heterocycles. The smallest absolute Gasteiger partial charge is 0.335 e. The predicted octanol–water partition coefficient (Wildman–Crippen LogP) is 0.515. The van der Waals surface area contributed by atoms with Gasteiger partial charge in [0.15, 0.2) is 33.4 Å². The molecule has 2 saturated heterocycles. The summed E-state index contributed by atoms with van der Waals surface area (Å²) in [4.78, 5) is 24.1. The molecule has 2 fully saturated rings. The summed E-state index contributed by atoms with van der Waals surface area (Å²) in [6.45, 7) is 3.47. The van der Waals surface area contributed by atoms with E-state index >= 15 is 0 Å². The van der Waals surface area contributed by atoms with Gasteiger partial charge in [0.2, 0.25) is 0 Å². The normalized spacial score (nSPS) is 31.5. The predicted molar refractivity (Wildman–Crippen MR) is 87.8 cm³/mol. The van der Waals surface area contributed by atoms with E-state index in [0.29, 0.717) is 15.0 Å². The van der Waals surface area contributed by atoms with Gasteiger partial charge in [0.25, 0.3) is 0 Å². The van der Waals surface area contributed by atoms with Crippen LogP contribution in [-0.4, -0.2) is 54.7 Å². The van der Waals surface area contributed by atoms with Crippen LogP contribution >= 0.6 is 22.6 Å². The van der Waals surface area contributed by atoms with E-state index in [1.165, 1.54) is 6.33 Å². The highest BCUT2D eigenvalue weighted by Crippen LogP contribution is 2.43. The van der Waals surface area contributed by atoms with Crippen molar-refractivity contribution in [3.8, 4) is 0 Å². The Morgan fingerprint density at radius 2 is 2.08 bits per heavy atom. The number of ether oxygens (including phenoxy) is 3. The third-order valence-electron chi connectivity index (χ3n) is 3.97. The number of hydrogen-bond acceptors (Lipinski definition) is 8. The van der Waals surface area contributed by atoms with Crippen molar-refractivity contribution >= 4 is 45.5 Å². The molecule has 1 unspecified atom stereocenters. The Labute approximate surface area is 149 Å². The summed E-state index contributed by atoms with van der Waals surface area (Å²) < 4.78 is 19.3. The first-order chi connectivity index (χ1) is 11.3. The van der Waals surface area contributed by atoms with Crippen LogP contribution in [0.3, 0.4) is 0 Å². The van der Waals surface area contributed by atoms with Crippen molar-refractivity contribution in [2.45, 2.75) is 44.2 Å². The Kier molecular flexibility index (Phi) is 3.46. The number of imidazole rings is 1. The Morgan fingerprint density at radius 3 is 2.79 bits per heavy atom. The van der Waals surface area contributed by atoms with E-state index in [-0.39, 0.29) is 5.82 Å². The zero-order chi connectivity index (χ0) is 17.2. The van der Waals surface area contributed by atoms with Gasteiger partial charge in [-0.1, -0.05) is 0 Å². The van der Waals surface area contributed by atoms with Crippen LogP contribution in [0.4, 0.5) is 5.82 Å². The number of rotatable bonds is 2. The molecule has 128 valence electrons. The van der Waals surface area contributed by atoms with Crippen LogP contribution in [0.15, 0.2) is 6.33 Å². The van der Waals surface area contributed by atoms with Gasteiger partial charge in [0, 0.05) is 22.6 Å². The number of fused-ring (bicyclic) bond motifs is 2. The standard InChI is InChI=1S/C13H14IN5O5/c1-13(2)23-5-6(24-13)10(22-7(5)11(20)21)19-3-16-4-8(15)17-12(14)18-9(4)19/h3,5-7,10H,1-2H3,(H,20,21)(H2,15,17,18)/t5-,6?,7+,10-/m1/s1. The van der Waals surface area contributed by atoms with E-state index in [0.717, 1.165) is 0 Å². The van der Waals surface area contributed by atoms with Crippen LogP contribution in [0.25, 0.3) is 11.2 Å². The summed E-state index contributed by atoms with van der Waals surface area (Å²) in [5.41, 5.74) is 6.75. The van der Waals surface area contributed by atoms with E-state index in [1.54, 1.807) is 18.4 Å². The highest BCUT2D eigenvalue weighted by Gasteiger charge is 2.58. The van der Waals surface area contributed by atoms with Crippen LogP contribution < -0.4 is 5.73 Å². The van der Waals surface area contributed by atoms with Crippen LogP contribution in [0.1, 0.15) is 20.1 Å². The number of hydrogen-bond donors (Lipinski definition) is 2. The van der Waals surface area contributed by atoms with Crippen molar-refractivity contribution in [1.82, 2.24) is 19.5 Å². The van der Waals surface area contributed by atoms with Gasteiger partial charge in [-0.3, -0.25) is 4.57 Å². The molecule has 24 heavy (non-hydrogen) atoms. The number of carboxylic acids is 1. The van der Waals surface area contributed by atoms with Gasteiger partial charge in [0.1, 0.15) is 17.7 Å². The monoisotopic (exact) mass is 447 g/mol. The summed E-state index contributed by atoms with van der Waals surface area (Å²) in [6, 6.07) is 0. The van der Waals surface area contributed by atoms with Crippen molar-refractivity contribution < 1.29 is 24.1 Å². The molecule has 0 saturated carbocycles. The minimum atomic E-state index is -1.14. The number of nitrogens with two attached hydrogens (primary N) is 1. The topological polar surface area (TPSA) is 135 Å². The second-order valence-electron chi connectivity index (χ2n) is 6.05. The Hall–Kier alpha value is -1.57. The number of aliphatic carboxylic acids is 1. The minimum absolute atomic E-state index is 0.247. The Bertz CT molecular complexity index is 840.